The molecule has 2 N–H and O–H groups in total. The molecule has 0 aliphatic carbocycles. The van der Waals surface area contributed by atoms with Gasteiger partial charge in [0.1, 0.15) is 24.2 Å². The molecule has 0 aromatic heterocycles. The molecule has 1 aromatic rings. The van der Waals surface area contributed by atoms with Gasteiger partial charge in [0.2, 0.25) is 11.8 Å². The monoisotopic (exact) mass is 516 g/mol. The van der Waals surface area contributed by atoms with Crippen LogP contribution < -0.4 is 10.6 Å². The van der Waals surface area contributed by atoms with Gasteiger partial charge in [-0.3, -0.25) is 14.4 Å². The number of benzene rings is 1. The topological polar surface area (TPSA) is 138 Å². The van der Waals surface area contributed by atoms with Gasteiger partial charge in [0.05, 0.1) is 19.1 Å². The summed E-state index contributed by atoms with van der Waals surface area (Å²) in [6.45, 7) is 12.3. The fourth-order valence-corrected chi connectivity index (χ4v) is 3.55. The first-order valence-corrected chi connectivity index (χ1v) is 12.5. The van der Waals surface area contributed by atoms with Crippen molar-refractivity contribution >= 4 is 23.9 Å². The van der Waals surface area contributed by atoms with Gasteiger partial charge in [0, 0.05) is 6.54 Å². The van der Waals surface area contributed by atoms with E-state index in [1.54, 1.807) is 52.0 Å². The van der Waals surface area contributed by atoms with Crippen LogP contribution in [0.15, 0.2) is 24.3 Å². The largest absolute Gasteiger partial charge is 0.466 e. The van der Waals surface area contributed by atoms with E-state index in [1.165, 1.54) is 0 Å². The third-order valence-electron chi connectivity index (χ3n) is 5.11. The molecule has 1 aromatic carbocycles. The minimum atomic E-state index is -1.16. The summed E-state index contributed by atoms with van der Waals surface area (Å²) in [4.78, 5) is 52.5. The molecule has 2 unspecified atom stereocenters. The number of carbonyl (C=O) groups excluding carboxylic acids is 4. The summed E-state index contributed by atoms with van der Waals surface area (Å²) < 4.78 is 10.2. The second-order valence-electron chi connectivity index (χ2n) is 10.1. The first-order chi connectivity index (χ1) is 17.3. The number of aryl methyl sites for hydroxylation is 1. The van der Waals surface area contributed by atoms with E-state index in [-0.39, 0.29) is 31.9 Å². The lowest BCUT2D eigenvalue weighted by Crippen LogP contribution is -2.53. The number of hydrogen-bond donors (Lipinski definition) is 2. The Kier molecular flexibility index (Phi) is 12.6. The average molecular weight is 517 g/mol. The van der Waals surface area contributed by atoms with Gasteiger partial charge in [-0.15, -0.1) is 0 Å². The number of hydrogen-bond acceptors (Lipinski definition) is 7. The maximum atomic E-state index is 13.8. The van der Waals surface area contributed by atoms with E-state index in [9.17, 15) is 24.4 Å². The molecule has 0 aliphatic heterocycles. The van der Waals surface area contributed by atoms with Crippen LogP contribution in [0.4, 0.5) is 4.79 Å². The van der Waals surface area contributed by atoms with Crippen molar-refractivity contribution in [3.63, 3.8) is 0 Å². The van der Waals surface area contributed by atoms with Crippen molar-refractivity contribution < 1.29 is 28.7 Å². The van der Waals surface area contributed by atoms with Crippen molar-refractivity contribution in [1.82, 2.24) is 15.5 Å². The van der Waals surface area contributed by atoms with Gasteiger partial charge >= 0.3 is 12.1 Å². The molecule has 0 aliphatic rings. The summed E-state index contributed by atoms with van der Waals surface area (Å²) in [5.41, 5.74) is 0.668. The normalized spacial score (nSPS) is 12.6. The molecule has 0 saturated carbocycles. The molecule has 0 bridgehead atoms. The Morgan fingerprint density at radius 3 is 2.24 bits per heavy atom. The zero-order valence-electron chi connectivity index (χ0n) is 22.9. The average Bonchev–Trinajstić information content (AvgIpc) is 2.77. The van der Waals surface area contributed by atoms with Crippen LogP contribution in [-0.2, 0) is 23.9 Å². The molecule has 204 valence electrons. The lowest BCUT2D eigenvalue weighted by molar-refractivity contribution is -0.144. The molecule has 0 saturated heterocycles. The van der Waals surface area contributed by atoms with Crippen LogP contribution in [0.1, 0.15) is 71.6 Å². The van der Waals surface area contributed by atoms with Gasteiger partial charge in [-0.1, -0.05) is 43.7 Å². The minimum Gasteiger partial charge on any atom is -0.466 e. The fourth-order valence-electron chi connectivity index (χ4n) is 3.55. The van der Waals surface area contributed by atoms with Crippen LogP contribution in [0.2, 0.25) is 0 Å². The molecule has 1 rings (SSSR count). The number of esters is 1. The highest BCUT2D eigenvalue weighted by atomic mass is 16.6. The molecule has 37 heavy (non-hydrogen) atoms. The zero-order valence-corrected chi connectivity index (χ0v) is 22.9. The summed E-state index contributed by atoms with van der Waals surface area (Å²) in [6.07, 6.45) is -0.539. The van der Waals surface area contributed by atoms with Crippen LogP contribution in [0.5, 0.6) is 0 Å². The van der Waals surface area contributed by atoms with Crippen LogP contribution >= 0.6 is 0 Å². The predicted molar refractivity (Wildman–Crippen MR) is 138 cm³/mol. The molecule has 3 amide bonds. The summed E-state index contributed by atoms with van der Waals surface area (Å²) in [5, 5.41) is 14.9. The maximum Gasteiger partial charge on any atom is 0.408 e. The van der Waals surface area contributed by atoms with Gasteiger partial charge in [0.25, 0.3) is 0 Å². The van der Waals surface area contributed by atoms with Gasteiger partial charge in [-0.2, -0.15) is 5.26 Å². The Labute approximate surface area is 219 Å². The van der Waals surface area contributed by atoms with Gasteiger partial charge < -0.3 is 25.0 Å². The van der Waals surface area contributed by atoms with E-state index in [4.69, 9.17) is 9.47 Å². The highest BCUT2D eigenvalue weighted by Gasteiger charge is 2.36. The van der Waals surface area contributed by atoms with Gasteiger partial charge in [-0.05, 0) is 52.5 Å². The minimum absolute atomic E-state index is 0.000192. The first-order valence-electron chi connectivity index (χ1n) is 12.5. The molecule has 10 nitrogen and oxygen atoms in total. The van der Waals surface area contributed by atoms with E-state index in [2.05, 4.69) is 10.6 Å². The highest BCUT2D eigenvalue weighted by Crippen LogP contribution is 2.24. The van der Waals surface area contributed by atoms with Crippen molar-refractivity contribution in [2.24, 2.45) is 5.92 Å². The Morgan fingerprint density at radius 1 is 1.11 bits per heavy atom. The number of amides is 3. The number of carbonyl (C=O) groups is 4. The summed E-state index contributed by atoms with van der Waals surface area (Å²) in [6, 6.07) is 6.79. The van der Waals surface area contributed by atoms with Crippen molar-refractivity contribution in [2.45, 2.75) is 79.0 Å². The number of nitriles is 1. The van der Waals surface area contributed by atoms with Crippen LogP contribution in [-0.4, -0.2) is 60.1 Å². The Balaban J connectivity index is 3.33. The lowest BCUT2D eigenvalue weighted by atomic mass is 9.98. The third-order valence-corrected chi connectivity index (χ3v) is 5.11. The number of rotatable bonds is 12. The molecular formula is C27H40N4O6. The Bertz CT molecular complexity index is 963. The summed E-state index contributed by atoms with van der Waals surface area (Å²) >= 11 is 0. The quantitative estimate of drug-likeness (QED) is 0.321. The van der Waals surface area contributed by atoms with E-state index in [1.807, 2.05) is 26.8 Å². The fraction of sp³-hybridized carbons (Fsp3) is 0.593. The van der Waals surface area contributed by atoms with Crippen molar-refractivity contribution in [2.75, 3.05) is 19.7 Å². The van der Waals surface area contributed by atoms with E-state index < -0.39 is 48.1 Å². The number of ether oxygens (including phenoxy) is 2. The van der Waals surface area contributed by atoms with Crippen LogP contribution in [0.3, 0.4) is 0 Å². The van der Waals surface area contributed by atoms with Crippen molar-refractivity contribution in [1.29, 1.82) is 5.26 Å². The number of alkyl carbamates (subject to hydrolysis) is 1. The maximum absolute atomic E-state index is 13.8. The second-order valence-corrected chi connectivity index (χ2v) is 10.1. The van der Waals surface area contributed by atoms with Crippen molar-refractivity contribution in [3.8, 4) is 6.07 Å². The third kappa shape index (κ3) is 11.3. The standard InChI is InChI=1S/C27H40N4O6/c1-8-36-22(32)13-15-29-24(33)23(20-11-9-19(4)10-12-20)31(16-14-28)25(34)21(17-18(2)3)30-26(35)37-27(5,6)7/h9-12,18,21,23H,8,13,15-17H2,1-7H3,(H,29,33)(H,30,35). The molecule has 10 heteroatoms. The second kappa shape index (κ2) is 14.8. The van der Waals surface area contributed by atoms with E-state index in [0.717, 1.165) is 10.5 Å². The van der Waals surface area contributed by atoms with E-state index >= 15 is 0 Å². The molecule has 0 heterocycles. The lowest BCUT2D eigenvalue weighted by Gasteiger charge is -2.33. The van der Waals surface area contributed by atoms with Gasteiger partial charge in [0.15, 0.2) is 0 Å². The highest BCUT2D eigenvalue weighted by molar-refractivity contribution is 5.92. The number of nitrogens with zero attached hydrogens (tertiary/aromatic N) is 2. The van der Waals surface area contributed by atoms with Crippen LogP contribution in [0.25, 0.3) is 0 Å². The molecule has 0 fully saturated rings. The smallest absolute Gasteiger partial charge is 0.408 e. The number of nitrogens with one attached hydrogen (secondary N) is 2. The zero-order chi connectivity index (χ0) is 28.2. The first kappa shape index (κ1) is 31.4. The SMILES string of the molecule is CCOC(=O)CCNC(=O)C(c1ccc(C)cc1)N(CC#N)C(=O)C(CC(C)C)NC(=O)OC(C)(C)C. The van der Waals surface area contributed by atoms with E-state index in [0.29, 0.717) is 5.56 Å². The summed E-state index contributed by atoms with van der Waals surface area (Å²) in [7, 11) is 0. The molecule has 0 spiro atoms. The summed E-state index contributed by atoms with van der Waals surface area (Å²) in [5.74, 6) is -1.59. The van der Waals surface area contributed by atoms with Crippen molar-refractivity contribution in [3.05, 3.63) is 35.4 Å². The Morgan fingerprint density at radius 2 is 1.73 bits per heavy atom. The predicted octanol–water partition coefficient (Wildman–Crippen LogP) is 3.40. The van der Waals surface area contributed by atoms with Gasteiger partial charge in [-0.25, -0.2) is 4.79 Å². The molecular weight excluding hydrogens is 476 g/mol. The molecule has 2 atom stereocenters. The molecule has 0 radical (unpaired) electrons. The van der Waals surface area contributed by atoms with Crippen LogP contribution in [0, 0.1) is 24.2 Å². The Hall–Kier alpha value is -3.61.